The molecule has 5 N–H and O–H groups in total. The first-order valence-electron chi connectivity index (χ1n) is 12.9. The Morgan fingerprint density at radius 3 is 1.95 bits per heavy atom. The molecule has 1 aliphatic heterocycles. The number of esters is 1. The van der Waals surface area contributed by atoms with Crippen LogP contribution in [0.15, 0.2) is 72.8 Å². The van der Waals surface area contributed by atoms with Gasteiger partial charge in [0, 0.05) is 19.2 Å². The molecule has 3 aromatic carbocycles. The fraction of sp³-hybridized carbons (Fsp3) is 0.258. The van der Waals surface area contributed by atoms with Gasteiger partial charge in [-0.2, -0.15) is 0 Å². The monoisotopic (exact) mass is 576 g/mol. The van der Waals surface area contributed by atoms with Crippen molar-refractivity contribution in [3.8, 4) is 0 Å². The molecule has 0 aromatic heterocycles. The number of aliphatic hydroxyl groups is 1. The van der Waals surface area contributed by atoms with Gasteiger partial charge in [0.05, 0.1) is 5.56 Å². The molecule has 3 atom stereocenters. The molecule has 0 radical (unpaired) electrons. The van der Waals surface area contributed by atoms with E-state index in [1.807, 2.05) is 24.3 Å². The van der Waals surface area contributed by atoms with Crippen LogP contribution in [0.25, 0.3) is 0 Å². The van der Waals surface area contributed by atoms with Crippen molar-refractivity contribution in [2.24, 2.45) is 5.73 Å². The first kappa shape index (κ1) is 31.7. The average Bonchev–Trinajstić information content (AvgIpc) is 3.08. The van der Waals surface area contributed by atoms with Crippen LogP contribution >= 0.6 is 0 Å². The summed E-state index contributed by atoms with van der Waals surface area (Å²) in [7, 11) is 1.80. The number of ketones is 1. The molecule has 11 nitrogen and oxygen atoms in total. The molecule has 0 fully saturated rings. The van der Waals surface area contributed by atoms with E-state index in [2.05, 4.69) is 0 Å². The van der Waals surface area contributed by atoms with Crippen LogP contribution in [0.2, 0.25) is 0 Å². The van der Waals surface area contributed by atoms with E-state index >= 15 is 0 Å². The Balaban J connectivity index is 0.000000287. The quantitative estimate of drug-likeness (QED) is 0.185. The molecular formula is C31H32N2O9. The van der Waals surface area contributed by atoms with Crippen LogP contribution in [-0.2, 0) is 25.5 Å². The predicted octanol–water partition coefficient (Wildman–Crippen LogP) is 2.31. The van der Waals surface area contributed by atoms with Gasteiger partial charge in [-0.25, -0.2) is 14.4 Å². The highest BCUT2D eigenvalue weighted by atomic mass is 16.6. The molecule has 3 aromatic rings. The summed E-state index contributed by atoms with van der Waals surface area (Å²) < 4.78 is 4.88. The zero-order valence-electron chi connectivity index (χ0n) is 23.3. The number of carboxylic acids is 2. The standard InChI is InChI=1S/C20H18O8.C11H14N2O/c1-11-3-7-13(8-4-11)15(21)20(19(26)27,16(22)17(23)24)28-18(25)14-9-5-12(2)6-10-14;1-13-7-6-8-4-2-3-5-9(8)10(12)11(13)14/h3-10,16,22H,1-2H3,(H,23,24)(H,26,27);2-5,10H,6-7,12H2,1H3/t16-,20+;10-/m00/s1. The van der Waals surface area contributed by atoms with Gasteiger partial charge in [-0.3, -0.25) is 9.59 Å². The molecule has 4 rings (SSSR count). The van der Waals surface area contributed by atoms with Gasteiger partial charge in [0.15, 0.2) is 0 Å². The number of likely N-dealkylation sites (N-methyl/N-ethyl adjacent to an activating group) is 1. The molecule has 1 heterocycles. The second kappa shape index (κ2) is 13.2. The number of carbonyl (C=O) groups excluding carboxylic acids is 3. The molecule has 0 spiro atoms. The van der Waals surface area contributed by atoms with E-state index in [1.165, 1.54) is 42.0 Å². The van der Waals surface area contributed by atoms with E-state index in [0.29, 0.717) is 0 Å². The summed E-state index contributed by atoms with van der Waals surface area (Å²) in [5.41, 5.74) is 5.92. The number of nitrogens with two attached hydrogens (primary N) is 1. The minimum Gasteiger partial charge on any atom is -0.479 e. The summed E-state index contributed by atoms with van der Waals surface area (Å²) in [6, 6.07) is 18.7. The molecule has 0 aliphatic carbocycles. The van der Waals surface area contributed by atoms with Gasteiger partial charge < -0.3 is 30.7 Å². The lowest BCUT2D eigenvalue weighted by atomic mass is 9.86. The number of nitrogens with zero attached hydrogens (tertiary/aromatic N) is 1. The first-order chi connectivity index (χ1) is 19.8. The minimum atomic E-state index is -3.36. The average molecular weight is 577 g/mol. The second-order valence-corrected chi connectivity index (χ2v) is 9.92. The van der Waals surface area contributed by atoms with Crippen LogP contribution in [0, 0.1) is 13.8 Å². The number of amides is 1. The van der Waals surface area contributed by atoms with E-state index in [4.69, 9.17) is 15.6 Å². The van der Waals surface area contributed by atoms with Crippen LogP contribution in [0.5, 0.6) is 0 Å². The molecular weight excluding hydrogens is 544 g/mol. The van der Waals surface area contributed by atoms with Crippen molar-refractivity contribution >= 4 is 29.6 Å². The lowest BCUT2D eigenvalue weighted by Gasteiger charge is -2.30. The molecule has 0 saturated heterocycles. The van der Waals surface area contributed by atoms with Crippen LogP contribution < -0.4 is 5.73 Å². The van der Waals surface area contributed by atoms with Crippen molar-refractivity contribution in [2.75, 3.05) is 13.6 Å². The highest BCUT2D eigenvalue weighted by Crippen LogP contribution is 2.26. The normalized spacial score (nSPS) is 16.5. The summed E-state index contributed by atoms with van der Waals surface area (Å²) >= 11 is 0. The van der Waals surface area contributed by atoms with Crippen molar-refractivity contribution in [1.29, 1.82) is 0 Å². The Labute approximate surface area is 242 Å². The van der Waals surface area contributed by atoms with Crippen molar-refractivity contribution in [1.82, 2.24) is 4.90 Å². The molecule has 0 unspecified atom stereocenters. The van der Waals surface area contributed by atoms with Gasteiger partial charge in [-0.05, 0) is 43.5 Å². The van der Waals surface area contributed by atoms with Crippen LogP contribution in [-0.4, -0.2) is 75.1 Å². The fourth-order valence-corrected chi connectivity index (χ4v) is 4.31. The van der Waals surface area contributed by atoms with Crippen molar-refractivity contribution < 1.29 is 44.0 Å². The largest absolute Gasteiger partial charge is 0.479 e. The number of carboxylic acid groups (broad SMARTS) is 2. The van der Waals surface area contributed by atoms with E-state index in [9.17, 15) is 34.2 Å². The van der Waals surface area contributed by atoms with E-state index < -0.39 is 41.4 Å². The smallest absolute Gasteiger partial charge is 0.360 e. The summed E-state index contributed by atoms with van der Waals surface area (Å²) in [5.74, 6) is -6.75. The number of Topliss-reactive ketones (excluding diaryl/α,β-unsaturated/α-hetero) is 1. The topological polar surface area (TPSA) is 185 Å². The SMILES string of the molecule is CN1CCc2ccccc2[C@H](N)C1=O.Cc1ccc(C(=O)O[C@](C(=O)O)(C(=O)c2ccc(C)cc2)[C@@H](O)C(=O)O)cc1. The molecule has 220 valence electrons. The van der Waals surface area contributed by atoms with E-state index in [0.717, 1.165) is 29.7 Å². The maximum Gasteiger partial charge on any atom is 0.360 e. The predicted molar refractivity (Wildman–Crippen MR) is 151 cm³/mol. The van der Waals surface area contributed by atoms with Crippen LogP contribution in [0.3, 0.4) is 0 Å². The number of rotatable bonds is 7. The van der Waals surface area contributed by atoms with Crippen molar-refractivity contribution in [2.45, 2.75) is 38.0 Å². The minimum absolute atomic E-state index is 0.00921. The van der Waals surface area contributed by atoms with Gasteiger partial charge >= 0.3 is 23.5 Å². The van der Waals surface area contributed by atoms with Gasteiger partial charge in [0.2, 0.25) is 17.8 Å². The Bertz CT molecular complexity index is 1490. The number of carbonyl (C=O) groups is 5. The summed E-state index contributed by atoms with van der Waals surface area (Å²) in [6.07, 6.45) is -1.93. The summed E-state index contributed by atoms with van der Waals surface area (Å²) in [4.78, 5) is 62.1. The van der Waals surface area contributed by atoms with Crippen LogP contribution in [0.4, 0.5) is 0 Å². The van der Waals surface area contributed by atoms with Gasteiger partial charge in [-0.1, -0.05) is 71.8 Å². The Morgan fingerprint density at radius 2 is 1.43 bits per heavy atom. The number of fused-ring (bicyclic) bond motifs is 1. The molecule has 11 heteroatoms. The van der Waals surface area contributed by atoms with Gasteiger partial charge in [0.1, 0.15) is 6.04 Å². The van der Waals surface area contributed by atoms with Gasteiger partial charge in [0.25, 0.3) is 0 Å². The third-order valence-corrected chi connectivity index (χ3v) is 6.88. The molecule has 1 aliphatic rings. The molecule has 1 amide bonds. The third-order valence-electron chi connectivity index (χ3n) is 6.88. The first-order valence-corrected chi connectivity index (χ1v) is 12.9. The molecule has 42 heavy (non-hydrogen) atoms. The maximum atomic E-state index is 12.9. The third kappa shape index (κ3) is 6.70. The number of aliphatic carboxylic acids is 2. The van der Waals surface area contributed by atoms with Gasteiger partial charge in [-0.15, -0.1) is 0 Å². The fourth-order valence-electron chi connectivity index (χ4n) is 4.31. The van der Waals surface area contributed by atoms with Crippen molar-refractivity contribution in [3.63, 3.8) is 0 Å². The van der Waals surface area contributed by atoms with Crippen molar-refractivity contribution in [3.05, 3.63) is 106 Å². The van der Waals surface area contributed by atoms with E-state index in [1.54, 1.807) is 37.9 Å². The lowest BCUT2D eigenvalue weighted by molar-refractivity contribution is -0.176. The number of aryl methyl sites for hydroxylation is 2. The maximum absolute atomic E-state index is 12.9. The second-order valence-electron chi connectivity index (χ2n) is 9.92. The number of aliphatic hydroxyl groups excluding tert-OH is 1. The Kier molecular flexibility index (Phi) is 9.95. The lowest BCUT2D eigenvalue weighted by Crippen LogP contribution is -2.61. The number of hydrogen-bond donors (Lipinski definition) is 4. The summed E-state index contributed by atoms with van der Waals surface area (Å²) in [6.45, 7) is 4.23. The van der Waals surface area contributed by atoms with E-state index in [-0.39, 0.29) is 17.0 Å². The highest BCUT2D eigenvalue weighted by Gasteiger charge is 2.59. The number of benzene rings is 3. The molecule has 0 saturated carbocycles. The summed E-state index contributed by atoms with van der Waals surface area (Å²) in [5, 5.41) is 28.9. The Hall–Kier alpha value is -4.87. The highest BCUT2D eigenvalue weighted by molar-refractivity contribution is 6.19. The zero-order valence-corrected chi connectivity index (χ0v) is 23.3. The van der Waals surface area contributed by atoms with Crippen LogP contribution in [0.1, 0.15) is 49.0 Å². The number of hydrogen-bond acceptors (Lipinski definition) is 8. The zero-order chi connectivity index (χ0) is 31.2. The molecule has 0 bridgehead atoms. The Morgan fingerprint density at radius 1 is 0.905 bits per heavy atom. The number of ether oxygens (including phenoxy) is 1.